The molecule has 0 atom stereocenters. The Balaban J connectivity index is 2.11. The molecule has 0 aliphatic carbocycles. The number of ether oxygens (including phenoxy) is 2. The summed E-state index contributed by atoms with van der Waals surface area (Å²) in [4.78, 5) is 0. The summed E-state index contributed by atoms with van der Waals surface area (Å²) < 4.78 is 10.9. The van der Waals surface area contributed by atoms with Crippen molar-refractivity contribution >= 4 is 22.4 Å². The number of hydrogen-bond acceptors (Lipinski definition) is 3. The van der Waals surface area contributed by atoms with Crippen LogP contribution in [-0.2, 0) is 0 Å². The highest BCUT2D eigenvalue weighted by molar-refractivity contribution is 5.95. The van der Waals surface area contributed by atoms with E-state index >= 15 is 0 Å². The molecule has 0 aliphatic rings. The van der Waals surface area contributed by atoms with E-state index in [1.165, 1.54) is 0 Å². The predicted octanol–water partition coefficient (Wildman–Crippen LogP) is 5.23. The molecule has 0 spiro atoms. The van der Waals surface area contributed by atoms with Crippen LogP contribution >= 0.6 is 0 Å². The minimum absolute atomic E-state index is 0.591. The molecule has 0 aromatic heterocycles. The van der Waals surface area contributed by atoms with Crippen molar-refractivity contribution in [1.29, 1.82) is 5.26 Å². The zero-order valence-electron chi connectivity index (χ0n) is 14.5. The minimum Gasteiger partial charge on any atom is -0.496 e. The van der Waals surface area contributed by atoms with Gasteiger partial charge in [-0.2, -0.15) is 5.26 Å². The van der Waals surface area contributed by atoms with Crippen molar-refractivity contribution in [2.75, 3.05) is 14.2 Å². The zero-order chi connectivity index (χ0) is 17.8. The van der Waals surface area contributed by atoms with Crippen LogP contribution in [0, 0.1) is 18.3 Å². The normalized spacial score (nSPS) is 11.2. The summed E-state index contributed by atoms with van der Waals surface area (Å²) in [7, 11) is 3.26. The number of nitrogens with zero attached hydrogens (tertiary/aromatic N) is 1. The monoisotopic (exact) mass is 329 g/mol. The second-order valence-electron chi connectivity index (χ2n) is 5.75. The van der Waals surface area contributed by atoms with E-state index in [4.69, 9.17) is 9.47 Å². The maximum absolute atomic E-state index is 9.66. The van der Waals surface area contributed by atoms with E-state index in [9.17, 15) is 5.26 Å². The van der Waals surface area contributed by atoms with Crippen molar-refractivity contribution < 1.29 is 9.47 Å². The fourth-order valence-corrected chi connectivity index (χ4v) is 2.99. The third-order valence-corrected chi connectivity index (χ3v) is 4.29. The van der Waals surface area contributed by atoms with Crippen molar-refractivity contribution in [1.82, 2.24) is 0 Å². The molecule has 3 rings (SSSR count). The van der Waals surface area contributed by atoms with E-state index < -0.39 is 0 Å². The van der Waals surface area contributed by atoms with Crippen LogP contribution in [0.4, 0.5) is 0 Å². The molecule has 0 N–H and O–H groups in total. The molecule has 25 heavy (non-hydrogen) atoms. The second kappa shape index (κ2) is 7.11. The highest BCUT2D eigenvalue weighted by Gasteiger charge is 2.11. The highest BCUT2D eigenvalue weighted by atomic mass is 16.5. The van der Waals surface area contributed by atoms with Crippen LogP contribution in [0.3, 0.4) is 0 Å². The molecule has 0 saturated heterocycles. The highest BCUT2D eigenvalue weighted by Crippen LogP contribution is 2.34. The van der Waals surface area contributed by atoms with Gasteiger partial charge in [-0.05, 0) is 47.5 Å². The van der Waals surface area contributed by atoms with Gasteiger partial charge in [0.05, 0.1) is 25.9 Å². The number of allylic oxidation sites excluding steroid dienone is 1. The standard InChI is InChI=1S/C22H19NO2/c1-15-21(24-2)11-10-19(22(15)25-3)13-20(14-23)18-9-8-16-6-4-5-7-17(16)12-18/h4-13H,1-3H3/b20-13-. The maximum Gasteiger partial charge on any atom is 0.132 e. The molecule has 3 heteroatoms. The number of methoxy groups -OCH3 is 2. The van der Waals surface area contributed by atoms with E-state index in [2.05, 4.69) is 12.1 Å². The summed E-state index contributed by atoms with van der Waals surface area (Å²) in [5.41, 5.74) is 3.24. The van der Waals surface area contributed by atoms with Gasteiger partial charge < -0.3 is 9.47 Å². The molecule has 0 fully saturated rings. The van der Waals surface area contributed by atoms with Gasteiger partial charge in [-0.1, -0.05) is 36.4 Å². The van der Waals surface area contributed by atoms with Crippen LogP contribution in [0.15, 0.2) is 54.6 Å². The van der Waals surface area contributed by atoms with Crippen LogP contribution in [0.25, 0.3) is 22.4 Å². The molecule has 0 saturated carbocycles. The lowest BCUT2D eigenvalue weighted by atomic mass is 9.99. The van der Waals surface area contributed by atoms with Crippen LogP contribution in [-0.4, -0.2) is 14.2 Å². The van der Waals surface area contributed by atoms with E-state index in [0.29, 0.717) is 11.3 Å². The Kier molecular flexibility index (Phi) is 4.72. The Bertz CT molecular complexity index is 997. The quantitative estimate of drug-likeness (QED) is 0.486. The summed E-state index contributed by atoms with van der Waals surface area (Å²) in [5, 5.41) is 11.9. The molecule has 0 bridgehead atoms. The van der Waals surface area contributed by atoms with Gasteiger partial charge in [-0.15, -0.1) is 0 Å². The van der Waals surface area contributed by atoms with Crippen molar-refractivity contribution in [2.24, 2.45) is 0 Å². The Morgan fingerprint density at radius 2 is 1.72 bits per heavy atom. The van der Waals surface area contributed by atoms with Crippen molar-refractivity contribution in [2.45, 2.75) is 6.92 Å². The molecule has 0 heterocycles. The van der Waals surface area contributed by atoms with Gasteiger partial charge in [0.15, 0.2) is 0 Å². The summed E-state index contributed by atoms with van der Waals surface area (Å²) >= 11 is 0. The summed E-state index contributed by atoms with van der Waals surface area (Å²) in [5.74, 6) is 1.48. The summed E-state index contributed by atoms with van der Waals surface area (Å²) in [6.45, 7) is 1.94. The fraction of sp³-hybridized carbons (Fsp3) is 0.136. The average molecular weight is 329 g/mol. The summed E-state index contributed by atoms with van der Waals surface area (Å²) in [6, 6.07) is 20.3. The fourth-order valence-electron chi connectivity index (χ4n) is 2.99. The molecule has 3 aromatic rings. The Labute approximate surface area is 147 Å². The van der Waals surface area contributed by atoms with Crippen LogP contribution < -0.4 is 9.47 Å². The SMILES string of the molecule is COc1ccc(/C=C(/C#N)c2ccc3ccccc3c2)c(OC)c1C. The molecule has 0 aliphatic heterocycles. The third kappa shape index (κ3) is 3.20. The number of nitriles is 1. The van der Waals surface area contributed by atoms with Gasteiger partial charge >= 0.3 is 0 Å². The van der Waals surface area contributed by atoms with Crippen LogP contribution in [0.5, 0.6) is 11.5 Å². The molecule has 3 nitrogen and oxygen atoms in total. The van der Waals surface area contributed by atoms with Crippen LogP contribution in [0.1, 0.15) is 16.7 Å². The number of fused-ring (bicyclic) bond motifs is 1. The van der Waals surface area contributed by atoms with E-state index in [1.54, 1.807) is 14.2 Å². The molecule has 0 radical (unpaired) electrons. The molecule has 124 valence electrons. The van der Waals surface area contributed by atoms with Gasteiger partial charge in [0.2, 0.25) is 0 Å². The Morgan fingerprint density at radius 1 is 0.960 bits per heavy atom. The van der Waals surface area contributed by atoms with Gasteiger partial charge in [0.25, 0.3) is 0 Å². The second-order valence-corrected chi connectivity index (χ2v) is 5.75. The van der Waals surface area contributed by atoms with Crippen LogP contribution in [0.2, 0.25) is 0 Å². The number of hydrogen-bond donors (Lipinski definition) is 0. The average Bonchev–Trinajstić information content (AvgIpc) is 2.66. The van der Waals surface area contributed by atoms with Gasteiger partial charge in [0, 0.05) is 11.1 Å². The lowest BCUT2D eigenvalue weighted by molar-refractivity contribution is 0.388. The first-order valence-electron chi connectivity index (χ1n) is 8.00. The minimum atomic E-state index is 0.591. The molecular formula is C22H19NO2. The maximum atomic E-state index is 9.66. The topological polar surface area (TPSA) is 42.2 Å². The first-order valence-corrected chi connectivity index (χ1v) is 8.00. The van der Waals surface area contributed by atoms with E-state index in [0.717, 1.165) is 33.2 Å². The van der Waals surface area contributed by atoms with Crippen molar-refractivity contribution in [3.63, 3.8) is 0 Å². The summed E-state index contributed by atoms with van der Waals surface area (Å²) in [6.07, 6.45) is 1.86. The Hall–Kier alpha value is -3.25. The lowest BCUT2D eigenvalue weighted by Crippen LogP contribution is -1.95. The molecular weight excluding hydrogens is 310 g/mol. The van der Waals surface area contributed by atoms with Gasteiger partial charge in [0.1, 0.15) is 11.5 Å². The number of benzene rings is 3. The van der Waals surface area contributed by atoms with E-state index in [-0.39, 0.29) is 0 Å². The first kappa shape index (κ1) is 16.6. The largest absolute Gasteiger partial charge is 0.496 e. The predicted molar refractivity (Wildman–Crippen MR) is 102 cm³/mol. The smallest absolute Gasteiger partial charge is 0.132 e. The van der Waals surface area contributed by atoms with Gasteiger partial charge in [-0.3, -0.25) is 0 Å². The first-order chi connectivity index (χ1) is 12.2. The molecule has 3 aromatic carbocycles. The lowest BCUT2D eigenvalue weighted by Gasteiger charge is -2.13. The molecule has 0 unspecified atom stereocenters. The van der Waals surface area contributed by atoms with E-state index in [1.807, 2.05) is 61.5 Å². The number of rotatable bonds is 4. The zero-order valence-corrected chi connectivity index (χ0v) is 14.5. The third-order valence-electron chi connectivity index (χ3n) is 4.29. The van der Waals surface area contributed by atoms with Crippen molar-refractivity contribution in [3.05, 3.63) is 71.3 Å². The van der Waals surface area contributed by atoms with Crippen molar-refractivity contribution in [3.8, 4) is 17.6 Å². The van der Waals surface area contributed by atoms with Gasteiger partial charge in [-0.25, -0.2) is 0 Å². The Morgan fingerprint density at radius 3 is 2.40 bits per heavy atom. The molecule has 0 amide bonds.